The van der Waals surface area contributed by atoms with E-state index in [9.17, 15) is 18.0 Å². The number of carbonyl (C=O) groups is 1. The van der Waals surface area contributed by atoms with Crippen LogP contribution in [0.3, 0.4) is 0 Å². The standard InChI is InChI=1S/C11H9F3O3/c1-10(11(12,13)14)8-4-3-6(16-2)5-7(8)9(15)17-10/h3-5H,1-2H3/t10-/m0/s1. The largest absolute Gasteiger partial charge is 0.497 e. The first-order valence-corrected chi connectivity index (χ1v) is 4.78. The maximum absolute atomic E-state index is 12.9. The third kappa shape index (κ3) is 1.55. The number of alkyl halides is 3. The molecule has 17 heavy (non-hydrogen) atoms. The Balaban J connectivity index is 2.60. The molecule has 1 aromatic carbocycles. The molecule has 0 radical (unpaired) electrons. The average Bonchev–Trinajstić information content (AvgIpc) is 2.51. The summed E-state index contributed by atoms with van der Waals surface area (Å²) >= 11 is 0. The number of halogens is 3. The van der Waals surface area contributed by atoms with Crippen LogP contribution < -0.4 is 4.74 Å². The molecule has 0 amide bonds. The Labute approximate surface area is 95.1 Å². The summed E-state index contributed by atoms with van der Waals surface area (Å²) in [7, 11) is 1.37. The molecule has 1 aromatic rings. The van der Waals surface area contributed by atoms with E-state index in [-0.39, 0.29) is 11.1 Å². The second kappa shape index (κ2) is 3.38. The fraction of sp³-hybridized carbons (Fsp3) is 0.364. The number of rotatable bonds is 1. The van der Waals surface area contributed by atoms with E-state index in [1.165, 1.54) is 25.3 Å². The van der Waals surface area contributed by atoms with Gasteiger partial charge in [0.2, 0.25) is 5.60 Å². The van der Waals surface area contributed by atoms with Gasteiger partial charge in [0.1, 0.15) is 5.75 Å². The van der Waals surface area contributed by atoms with Gasteiger partial charge in [0, 0.05) is 5.56 Å². The number of cyclic esters (lactones) is 1. The molecule has 1 heterocycles. The Morgan fingerprint density at radius 2 is 2.00 bits per heavy atom. The van der Waals surface area contributed by atoms with Crippen LogP contribution in [0.25, 0.3) is 0 Å². The number of methoxy groups -OCH3 is 1. The smallest absolute Gasteiger partial charge is 0.432 e. The molecule has 6 heteroatoms. The number of hydrogen-bond acceptors (Lipinski definition) is 3. The van der Waals surface area contributed by atoms with Gasteiger partial charge < -0.3 is 9.47 Å². The van der Waals surface area contributed by atoms with Crippen molar-refractivity contribution < 1.29 is 27.4 Å². The summed E-state index contributed by atoms with van der Waals surface area (Å²) in [6.45, 7) is 0.837. The Hall–Kier alpha value is -1.72. The summed E-state index contributed by atoms with van der Waals surface area (Å²) in [6, 6.07) is 3.81. The highest BCUT2D eigenvalue weighted by atomic mass is 19.4. The van der Waals surface area contributed by atoms with Gasteiger partial charge in [0.25, 0.3) is 0 Å². The SMILES string of the molecule is COc1ccc2c(c1)C(=O)O[C@]2(C)C(F)(F)F. The fourth-order valence-electron chi connectivity index (χ4n) is 1.74. The molecule has 1 atom stereocenters. The minimum Gasteiger partial charge on any atom is -0.497 e. The molecule has 0 saturated carbocycles. The second-order valence-corrected chi connectivity index (χ2v) is 3.83. The van der Waals surface area contributed by atoms with Gasteiger partial charge in [-0.3, -0.25) is 0 Å². The van der Waals surface area contributed by atoms with Gasteiger partial charge in [-0.15, -0.1) is 0 Å². The van der Waals surface area contributed by atoms with E-state index >= 15 is 0 Å². The van der Waals surface area contributed by atoms with Gasteiger partial charge in [-0.2, -0.15) is 13.2 Å². The van der Waals surface area contributed by atoms with E-state index < -0.39 is 17.7 Å². The summed E-state index contributed by atoms with van der Waals surface area (Å²) in [5, 5.41) is 0. The first-order valence-electron chi connectivity index (χ1n) is 4.78. The van der Waals surface area contributed by atoms with E-state index in [0.717, 1.165) is 6.92 Å². The van der Waals surface area contributed by atoms with E-state index in [2.05, 4.69) is 4.74 Å². The molecule has 92 valence electrons. The van der Waals surface area contributed by atoms with Crippen molar-refractivity contribution >= 4 is 5.97 Å². The van der Waals surface area contributed by atoms with Crippen LogP contribution >= 0.6 is 0 Å². The van der Waals surface area contributed by atoms with Crippen LogP contribution in [-0.4, -0.2) is 19.3 Å². The molecule has 0 N–H and O–H groups in total. The van der Waals surface area contributed by atoms with Crippen molar-refractivity contribution in [1.82, 2.24) is 0 Å². The van der Waals surface area contributed by atoms with Crippen molar-refractivity contribution in [1.29, 1.82) is 0 Å². The lowest BCUT2D eigenvalue weighted by molar-refractivity contribution is -0.253. The minimum absolute atomic E-state index is 0.107. The van der Waals surface area contributed by atoms with E-state index in [1.807, 2.05) is 0 Å². The predicted molar refractivity (Wildman–Crippen MR) is 51.8 cm³/mol. The lowest BCUT2D eigenvalue weighted by Gasteiger charge is -2.26. The molecular weight excluding hydrogens is 237 g/mol. The van der Waals surface area contributed by atoms with Crippen LogP contribution in [0.5, 0.6) is 5.75 Å². The first kappa shape index (κ1) is 11.8. The van der Waals surface area contributed by atoms with E-state index in [4.69, 9.17) is 4.74 Å². The van der Waals surface area contributed by atoms with Crippen molar-refractivity contribution in [3.63, 3.8) is 0 Å². The molecule has 0 unspecified atom stereocenters. The fourth-order valence-corrected chi connectivity index (χ4v) is 1.74. The first-order chi connectivity index (χ1) is 7.79. The Morgan fingerprint density at radius 3 is 2.53 bits per heavy atom. The topological polar surface area (TPSA) is 35.5 Å². The summed E-state index contributed by atoms with van der Waals surface area (Å²) in [6.07, 6.45) is -4.65. The second-order valence-electron chi connectivity index (χ2n) is 3.83. The van der Waals surface area contributed by atoms with Crippen molar-refractivity contribution in [2.45, 2.75) is 18.7 Å². The van der Waals surface area contributed by atoms with Crippen molar-refractivity contribution in [3.05, 3.63) is 29.3 Å². The van der Waals surface area contributed by atoms with Crippen molar-refractivity contribution in [2.24, 2.45) is 0 Å². The number of carbonyl (C=O) groups excluding carboxylic acids is 1. The minimum atomic E-state index is -4.65. The zero-order valence-corrected chi connectivity index (χ0v) is 9.09. The van der Waals surface area contributed by atoms with Gasteiger partial charge in [-0.05, 0) is 19.1 Å². The Bertz CT molecular complexity index is 481. The van der Waals surface area contributed by atoms with Gasteiger partial charge in [-0.1, -0.05) is 6.07 Å². The number of esters is 1. The third-order valence-electron chi connectivity index (χ3n) is 2.80. The van der Waals surface area contributed by atoms with Crippen LogP contribution in [0.1, 0.15) is 22.8 Å². The lowest BCUT2D eigenvalue weighted by atomic mass is 9.93. The Morgan fingerprint density at radius 1 is 1.35 bits per heavy atom. The number of hydrogen-bond donors (Lipinski definition) is 0. The van der Waals surface area contributed by atoms with E-state index in [1.54, 1.807) is 0 Å². The summed E-state index contributed by atoms with van der Waals surface area (Å²) in [5.41, 5.74) is -2.87. The molecule has 0 saturated heterocycles. The average molecular weight is 246 g/mol. The van der Waals surface area contributed by atoms with Gasteiger partial charge in [-0.25, -0.2) is 4.79 Å². The molecule has 0 aromatic heterocycles. The van der Waals surface area contributed by atoms with Crippen LogP contribution in [0.2, 0.25) is 0 Å². The van der Waals surface area contributed by atoms with Gasteiger partial charge in [0.05, 0.1) is 12.7 Å². The highest BCUT2D eigenvalue weighted by Gasteiger charge is 2.60. The van der Waals surface area contributed by atoms with Gasteiger partial charge >= 0.3 is 12.1 Å². The molecule has 2 rings (SSSR count). The maximum Gasteiger partial charge on any atom is 0.432 e. The zero-order chi connectivity index (χ0) is 12.8. The quantitative estimate of drug-likeness (QED) is 0.714. The molecular formula is C11H9F3O3. The summed E-state index contributed by atoms with van der Waals surface area (Å²) < 4.78 is 47.9. The van der Waals surface area contributed by atoms with Crippen LogP contribution in [0.15, 0.2) is 18.2 Å². The van der Waals surface area contributed by atoms with Gasteiger partial charge in [0.15, 0.2) is 0 Å². The van der Waals surface area contributed by atoms with E-state index in [0.29, 0.717) is 5.75 Å². The maximum atomic E-state index is 12.9. The number of benzene rings is 1. The predicted octanol–water partition coefficient (Wildman–Crippen LogP) is 2.64. The summed E-state index contributed by atoms with van der Waals surface area (Å²) in [5.74, 6) is -0.675. The molecule has 0 spiro atoms. The molecule has 1 aliphatic heterocycles. The molecule has 0 bridgehead atoms. The van der Waals surface area contributed by atoms with Crippen LogP contribution in [0, 0.1) is 0 Å². The normalized spacial score (nSPS) is 23.2. The number of fused-ring (bicyclic) bond motifs is 1. The molecule has 3 nitrogen and oxygen atoms in total. The highest BCUT2D eigenvalue weighted by Crippen LogP contribution is 2.48. The molecule has 0 aliphatic carbocycles. The lowest BCUT2D eigenvalue weighted by Crippen LogP contribution is -2.39. The highest BCUT2D eigenvalue weighted by molar-refractivity contribution is 5.95. The van der Waals surface area contributed by atoms with Crippen molar-refractivity contribution in [3.8, 4) is 5.75 Å². The van der Waals surface area contributed by atoms with Crippen LogP contribution in [-0.2, 0) is 10.3 Å². The van der Waals surface area contributed by atoms with Crippen LogP contribution in [0.4, 0.5) is 13.2 Å². The Kier molecular flexibility index (Phi) is 2.34. The zero-order valence-electron chi connectivity index (χ0n) is 9.09. The molecule has 0 fully saturated rings. The third-order valence-corrected chi connectivity index (χ3v) is 2.80. The van der Waals surface area contributed by atoms with Crippen molar-refractivity contribution in [2.75, 3.05) is 7.11 Å². The number of ether oxygens (including phenoxy) is 2. The summed E-state index contributed by atoms with van der Waals surface area (Å²) in [4.78, 5) is 11.4. The molecule has 1 aliphatic rings. The monoisotopic (exact) mass is 246 g/mol.